The summed E-state index contributed by atoms with van der Waals surface area (Å²) in [6.07, 6.45) is 0. The Kier molecular flexibility index (Phi) is 4.95. The summed E-state index contributed by atoms with van der Waals surface area (Å²) >= 11 is 0. The number of amides is 1. The third-order valence-electron chi connectivity index (χ3n) is 3.49. The average molecular weight is 295 g/mol. The quantitative estimate of drug-likeness (QED) is 0.830. The Morgan fingerprint density at radius 1 is 1.52 bits per heavy atom. The highest BCUT2D eigenvalue weighted by Crippen LogP contribution is 2.19. The number of hydrogen-bond donors (Lipinski definition) is 2. The molecule has 1 aromatic rings. The van der Waals surface area contributed by atoms with E-state index in [1.807, 2.05) is 27.7 Å². The number of rotatable bonds is 4. The van der Waals surface area contributed by atoms with Crippen LogP contribution in [0.1, 0.15) is 39.4 Å². The van der Waals surface area contributed by atoms with Crippen molar-refractivity contribution in [3.8, 4) is 0 Å². The summed E-state index contributed by atoms with van der Waals surface area (Å²) in [5.41, 5.74) is -0.135. The molecule has 2 rings (SSSR count). The van der Waals surface area contributed by atoms with Gasteiger partial charge < -0.3 is 15.2 Å². The van der Waals surface area contributed by atoms with Gasteiger partial charge in [-0.1, -0.05) is 25.9 Å². The molecule has 0 aliphatic carbocycles. The van der Waals surface area contributed by atoms with Crippen LogP contribution in [0.25, 0.3) is 0 Å². The average Bonchev–Trinajstić information content (AvgIpc) is 2.88. The second-order valence-corrected chi connectivity index (χ2v) is 6.35. The van der Waals surface area contributed by atoms with E-state index in [9.17, 15) is 4.79 Å². The zero-order valence-corrected chi connectivity index (χ0v) is 13.3. The van der Waals surface area contributed by atoms with E-state index in [2.05, 4.69) is 25.7 Å². The van der Waals surface area contributed by atoms with Gasteiger partial charge in [0, 0.05) is 31.6 Å². The Labute approximate surface area is 125 Å². The van der Waals surface area contributed by atoms with Crippen molar-refractivity contribution in [2.75, 3.05) is 26.2 Å². The Bertz CT molecular complexity index is 480. The smallest absolute Gasteiger partial charge is 0.240 e. The van der Waals surface area contributed by atoms with Crippen molar-refractivity contribution in [1.82, 2.24) is 25.7 Å². The minimum absolute atomic E-state index is 0.0419. The van der Waals surface area contributed by atoms with Crippen LogP contribution in [0.15, 0.2) is 4.52 Å². The second-order valence-electron chi connectivity index (χ2n) is 6.35. The van der Waals surface area contributed by atoms with E-state index in [0.717, 1.165) is 13.1 Å². The van der Waals surface area contributed by atoms with Gasteiger partial charge in [-0.3, -0.25) is 9.69 Å². The van der Waals surface area contributed by atoms with Crippen LogP contribution in [0, 0.1) is 0 Å². The van der Waals surface area contributed by atoms with Crippen molar-refractivity contribution < 1.29 is 9.32 Å². The molecule has 1 aliphatic heterocycles. The van der Waals surface area contributed by atoms with Crippen LogP contribution in [0.2, 0.25) is 0 Å². The van der Waals surface area contributed by atoms with Crippen LogP contribution >= 0.6 is 0 Å². The van der Waals surface area contributed by atoms with E-state index in [4.69, 9.17) is 4.52 Å². The van der Waals surface area contributed by atoms with Gasteiger partial charge in [-0.05, 0) is 6.92 Å². The van der Waals surface area contributed by atoms with Gasteiger partial charge in [0.25, 0.3) is 0 Å². The summed E-state index contributed by atoms with van der Waals surface area (Å²) in [6, 6.07) is -0.191. The van der Waals surface area contributed by atoms with Gasteiger partial charge in [0.2, 0.25) is 11.8 Å². The molecule has 1 fully saturated rings. The van der Waals surface area contributed by atoms with E-state index in [1.54, 1.807) is 0 Å². The number of nitrogens with one attached hydrogen (secondary N) is 2. The highest BCUT2D eigenvalue weighted by Gasteiger charge is 2.30. The minimum Gasteiger partial charge on any atom is -0.355 e. The van der Waals surface area contributed by atoms with E-state index < -0.39 is 0 Å². The number of piperazine rings is 1. The molecule has 1 aromatic heterocycles. The van der Waals surface area contributed by atoms with Gasteiger partial charge in [-0.2, -0.15) is 4.98 Å². The molecule has 7 nitrogen and oxygen atoms in total. The second kappa shape index (κ2) is 6.53. The lowest BCUT2D eigenvalue weighted by atomic mass is 9.96. The lowest BCUT2D eigenvalue weighted by molar-refractivity contribution is -0.127. The molecule has 7 heteroatoms. The summed E-state index contributed by atoms with van der Waals surface area (Å²) in [6.45, 7) is 11.5. The van der Waals surface area contributed by atoms with Crippen LogP contribution in [0.3, 0.4) is 0 Å². The normalized spacial score (nSPS) is 20.5. The number of nitrogens with zero attached hydrogens (tertiary/aromatic N) is 3. The molecule has 1 unspecified atom stereocenters. The van der Waals surface area contributed by atoms with Crippen molar-refractivity contribution in [3.05, 3.63) is 11.7 Å². The molecule has 118 valence electrons. The van der Waals surface area contributed by atoms with Gasteiger partial charge >= 0.3 is 0 Å². The summed E-state index contributed by atoms with van der Waals surface area (Å²) in [5, 5.41) is 10.2. The summed E-state index contributed by atoms with van der Waals surface area (Å²) < 4.78 is 5.33. The van der Waals surface area contributed by atoms with Gasteiger partial charge in [-0.25, -0.2) is 0 Å². The molecule has 0 spiro atoms. The molecular formula is C14H25N5O2. The zero-order chi connectivity index (χ0) is 15.5. The predicted molar refractivity (Wildman–Crippen MR) is 78.7 cm³/mol. The molecule has 2 heterocycles. The minimum atomic E-state index is -0.191. The fourth-order valence-corrected chi connectivity index (χ4v) is 2.28. The summed E-state index contributed by atoms with van der Waals surface area (Å²) in [4.78, 5) is 18.6. The maximum Gasteiger partial charge on any atom is 0.240 e. The Morgan fingerprint density at radius 3 is 2.90 bits per heavy atom. The van der Waals surface area contributed by atoms with Crippen molar-refractivity contribution in [2.24, 2.45) is 0 Å². The molecular weight excluding hydrogens is 270 g/mol. The van der Waals surface area contributed by atoms with Crippen LogP contribution < -0.4 is 10.6 Å². The Morgan fingerprint density at radius 2 is 2.29 bits per heavy atom. The number of aromatic nitrogens is 2. The highest BCUT2D eigenvalue weighted by molar-refractivity contribution is 5.82. The molecule has 21 heavy (non-hydrogen) atoms. The first-order chi connectivity index (χ1) is 9.91. The first-order valence-corrected chi connectivity index (χ1v) is 7.47. The van der Waals surface area contributed by atoms with E-state index in [1.165, 1.54) is 0 Å². The molecule has 0 radical (unpaired) electrons. The molecule has 0 aromatic carbocycles. The maximum absolute atomic E-state index is 12.1. The van der Waals surface area contributed by atoms with Crippen LogP contribution in [-0.4, -0.2) is 53.2 Å². The SMILES string of the molecule is CCNC(=O)C1CNCCN1Cc1nc(C(C)(C)C)no1. The highest BCUT2D eigenvalue weighted by atomic mass is 16.5. The summed E-state index contributed by atoms with van der Waals surface area (Å²) in [5.74, 6) is 1.30. The van der Waals surface area contributed by atoms with E-state index >= 15 is 0 Å². The fraction of sp³-hybridized carbons (Fsp3) is 0.786. The van der Waals surface area contributed by atoms with Crippen LogP contribution in [0.4, 0.5) is 0 Å². The lowest BCUT2D eigenvalue weighted by Gasteiger charge is -2.33. The number of likely N-dealkylation sites (N-methyl/N-ethyl adjacent to an activating group) is 1. The fourth-order valence-electron chi connectivity index (χ4n) is 2.28. The topological polar surface area (TPSA) is 83.3 Å². The van der Waals surface area contributed by atoms with Crippen molar-refractivity contribution in [1.29, 1.82) is 0 Å². The molecule has 0 saturated carbocycles. The number of hydrogen-bond acceptors (Lipinski definition) is 6. The van der Waals surface area contributed by atoms with Crippen LogP contribution in [0.5, 0.6) is 0 Å². The Hall–Kier alpha value is -1.47. The number of carbonyl (C=O) groups is 1. The zero-order valence-electron chi connectivity index (χ0n) is 13.3. The van der Waals surface area contributed by atoms with Gasteiger partial charge in [-0.15, -0.1) is 0 Å². The van der Waals surface area contributed by atoms with E-state index in [0.29, 0.717) is 31.3 Å². The third kappa shape index (κ3) is 4.01. The first kappa shape index (κ1) is 15.9. The molecule has 1 aliphatic rings. The van der Waals surface area contributed by atoms with Crippen molar-refractivity contribution >= 4 is 5.91 Å². The molecule has 2 N–H and O–H groups in total. The first-order valence-electron chi connectivity index (χ1n) is 7.47. The molecule has 0 bridgehead atoms. The van der Waals surface area contributed by atoms with Gasteiger partial charge in [0.05, 0.1) is 6.54 Å². The van der Waals surface area contributed by atoms with E-state index in [-0.39, 0.29) is 17.4 Å². The monoisotopic (exact) mass is 295 g/mol. The number of carbonyl (C=O) groups excluding carboxylic acids is 1. The van der Waals surface area contributed by atoms with Crippen LogP contribution in [-0.2, 0) is 16.8 Å². The van der Waals surface area contributed by atoms with Crippen molar-refractivity contribution in [2.45, 2.75) is 45.7 Å². The maximum atomic E-state index is 12.1. The Balaban J connectivity index is 2.05. The van der Waals surface area contributed by atoms with Gasteiger partial charge in [0.15, 0.2) is 5.82 Å². The molecule has 1 amide bonds. The third-order valence-corrected chi connectivity index (χ3v) is 3.49. The van der Waals surface area contributed by atoms with Gasteiger partial charge in [0.1, 0.15) is 6.04 Å². The van der Waals surface area contributed by atoms with Crippen molar-refractivity contribution in [3.63, 3.8) is 0 Å². The lowest BCUT2D eigenvalue weighted by Crippen LogP contribution is -2.57. The molecule has 1 saturated heterocycles. The largest absolute Gasteiger partial charge is 0.355 e. The predicted octanol–water partition coefficient (Wildman–Crippen LogP) is 0.277. The summed E-state index contributed by atoms with van der Waals surface area (Å²) in [7, 11) is 0. The molecule has 1 atom stereocenters. The standard InChI is InChI=1S/C14H25N5O2/c1-5-16-12(20)10-8-15-6-7-19(10)9-11-17-13(18-21-11)14(2,3)4/h10,15H,5-9H2,1-4H3,(H,16,20).